The normalized spacial score (nSPS) is 15.7. The smallest absolute Gasteiger partial charge is 0.475 e. The maximum absolute atomic E-state index is 13.0. The molecule has 9 nitrogen and oxygen atoms in total. The summed E-state index contributed by atoms with van der Waals surface area (Å²) in [4.78, 5) is 36.2. The van der Waals surface area contributed by atoms with Crippen molar-refractivity contribution in [1.29, 1.82) is 0 Å². The predicted molar refractivity (Wildman–Crippen MR) is 153 cm³/mol. The van der Waals surface area contributed by atoms with Crippen LogP contribution in [0.15, 0.2) is 53.4 Å². The Balaban J connectivity index is 0.000000782. The zero-order valence-corrected chi connectivity index (χ0v) is 24.9. The summed E-state index contributed by atoms with van der Waals surface area (Å²) in [7, 11) is -3.75. The van der Waals surface area contributed by atoms with Gasteiger partial charge in [-0.05, 0) is 66.6 Å². The summed E-state index contributed by atoms with van der Waals surface area (Å²) < 4.78 is 59.9. The van der Waals surface area contributed by atoms with E-state index < -0.39 is 22.2 Å². The Morgan fingerprint density at radius 3 is 2.07 bits per heavy atom. The molecule has 1 unspecified atom stereocenters. The van der Waals surface area contributed by atoms with E-state index in [0.29, 0.717) is 30.9 Å². The molecule has 1 heterocycles. The topological polar surface area (TPSA) is 133 Å². The van der Waals surface area contributed by atoms with E-state index in [2.05, 4.69) is 37.7 Å². The third kappa shape index (κ3) is 10.3. The highest BCUT2D eigenvalue weighted by Gasteiger charge is 2.38. The van der Waals surface area contributed by atoms with E-state index in [-0.39, 0.29) is 28.0 Å². The lowest BCUT2D eigenvalue weighted by atomic mass is 9.87. The number of carbonyl (C=O) groups is 3. The van der Waals surface area contributed by atoms with Gasteiger partial charge in [0.25, 0.3) is 15.9 Å². The molecular weight excluding hydrogens is 575 g/mol. The molecule has 0 bridgehead atoms. The zero-order valence-electron chi connectivity index (χ0n) is 24.1. The van der Waals surface area contributed by atoms with Crippen molar-refractivity contribution in [3.8, 4) is 0 Å². The number of aliphatic carboxylic acids is 1. The molecule has 1 aliphatic rings. The number of rotatable bonds is 8. The van der Waals surface area contributed by atoms with E-state index in [1.54, 1.807) is 41.3 Å². The molecular formula is C29H38F3N3O6S. The quantitative estimate of drug-likeness (QED) is 0.351. The summed E-state index contributed by atoms with van der Waals surface area (Å²) >= 11 is 0. The van der Waals surface area contributed by atoms with Crippen molar-refractivity contribution in [1.82, 2.24) is 10.2 Å². The molecule has 0 aliphatic carbocycles. The van der Waals surface area contributed by atoms with E-state index in [4.69, 9.17) is 9.90 Å². The molecule has 1 fully saturated rings. The largest absolute Gasteiger partial charge is 0.490 e. The fourth-order valence-electron chi connectivity index (χ4n) is 4.12. The number of carboxylic acids is 1. The van der Waals surface area contributed by atoms with Crippen LogP contribution in [0.2, 0.25) is 0 Å². The Labute approximate surface area is 244 Å². The van der Waals surface area contributed by atoms with Gasteiger partial charge in [0.05, 0.1) is 10.8 Å². The molecule has 0 radical (unpaired) electrons. The maximum atomic E-state index is 13.0. The molecule has 0 aromatic heterocycles. The minimum atomic E-state index is -5.08. The van der Waals surface area contributed by atoms with Crippen LogP contribution in [-0.2, 0) is 25.0 Å². The third-order valence-electron chi connectivity index (χ3n) is 6.57. The van der Waals surface area contributed by atoms with E-state index in [1.807, 2.05) is 12.1 Å². The van der Waals surface area contributed by atoms with Crippen LogP contribution in [0.4, 0.5) is 18.9 Å². The number of unbranched alkanes of at least 4 members (excludes halogenated alkanes) is 1. The summed E-state index contributed by atoms with van der Waals surface area (Å²) in [6.45, 7) is 9.97. The maximum Gasteiger partial charge on any atom is 0.490 e. The van der Waals surface area contributed by atoms with Gasteiger partial charge in [-0.1, -0.05) is 46.2 Å². The second kappa shape index (κ2) is 14.5. The number of likely N-dealkylation sites (tertiary alicyclic amines) is 1. The number of sulfonamides is 1. The average molecular weight is 614 g/mol. The third-order valence-corrected chi connectivity index (χ3v) is 7.96. The van der Waals surface area contributed by atoms with Crippen molar-refractivity contribution in [2.24, 2.45) is 5.92 Å². The highest BCUT2D eigenvalue weighted by Crippen LogP contribution is 2.25. The number of nitrogens with zero attached hydrogens (tertiary/aromatic N) is 1. The molecule has 3 rings (SSSR count). The summed E-state index contributed by atoms with van der Waals surface area (Å²) in [5.41, 5.74) is 1.84. The number of amides is 2. The number of halogens is 3. The van der Waals surface area contributed by atoms with Gasteiger partial charge in [0.15, 0.2) is 0 Å². The molecule has 1 atom stereocenters. The van der Waals surface area contributed by atoms with E-state index in [1.165, 1.54) is 0 Å². The lowest BCUT2D eigenvalue weighted by molar-refractivity contribution is -0.192. The molecule has 0 saturated carbocycles. The summed E-state index contributed by atoms with van der Waals surface area (Å²) in [5.74, 6) is -3.09. The molecule has 42 heavy (non-hydrogen) atoms. The first-order valence-electron chi connectivity index (χ1n) is 13.6. The Hall–Kier alpha value is -3.61. The molecule has 1 aliphatic heterocycles. The molecule has 2 aromatic rings. The van der Waals surface area contributed by atoms with Crippen LogP contribution in [0.5, 0.6) is 0 Å². The first-order chi connectivity index (χ1) is 19.5. The molecule has 0 spiro atoms. The number of benzene rings is 2. The minimum Gasteiger partial charge on any atom is -0.475 e. The Morgan fingerprint density at radius 1 is 1.00 bits per heavy atom. The first-order valence-corrected chi connectivity index (χ1v) is 15.0. The van der Waals surface area contributed by atoms with Crippen molar-refractivity contribution < 1.29 is 41.1 Å². The number of carbonyl (C=O) groups excluding carboxylic acids is 2. The molecule has 232 valence electrons. The fourth-order valence-corrected chi connectivity index (χ4v) is 5.18. The Morgan fingerprint density at radius 2 is 1.57 bits per heavy atom. The van der Waals surface area contributed by atoms with Crippen LogP contribution in [0.1, 0.15) is 69.3 Å². The number of alkyl halides is 3. The van der Waals surface area contributed by atoms with Gasteiger partial charge < -0.3 is 15.3 Å². The average Bonchev–Trinajstić information content (AvgIpc) is 2.92. The van der Waals surface area contributed by atoms with Gasteiger partial charge in [0.2, 0.25) is 5.91 Å². The van der Waals surface area contributed by atoms with E-state index in [0.717, 1.165) is 31.2 Å². The number of hydrogen-bond acceptors (Lipinski definition) is 5. The summed E-state index contributed by atoms with van der Waals surface area (Å²) in [6, 6.07) is 13.3. The second-order valence-corrected chi connectivity index (χ2v) is 12.7. The van der Waals surface area contributed by atoms with Gasteiger partial charge >= 0.3 is 12.1 Å². The number of carboxylic acid groups (broad SMARTS) is 1. The lowest BCUT2D eigenvalue weighted by Gasteiger charge is -2.32. The number of piperidine rings is 1. The van der Waals surface area contributed by atoms with Crippen molar-refractivity contribution in [2.75, 3.05) is 24.4 Å². The summed E-state index contributed by atoms with van der Waals surface area (Å²) in [5, 5.41) is 10.1. The molecule has 2 amide bonds. The SMILES string of the molecule is CCCCNC(=O)C1CCCN(C(=O)c2ccc(NS(=O)(=O)c3ccc(C(C)(C)C)cc3)cc2)C1.O=C(O)C(F)(F)F. The van der Waals surface area contributed by atoms with E-state index in [9.17, 15) is 31.2 Å². The van der Waals surface area contributed by atoms with Crippen LogP contribution in [-0.4, -0.2) is 62.0 Å². The van der Waals surface area contributed by atoms with Crippen LogP contribution >= 0.6 is 0 Å². The number of nitrogens with one attached hydrogen (secondary N) is 2. The fraction of sp³-hybridized carbons (Fsp3) is 0.483. The highest BCUT2D eigenvalue weighted by atomic mass is 32.2. The van der Waals surface area contributed by atoms with Crippen LogP contribution < -0.4 is 10.0 Å². The Bertz CT molecular complexity index is 1320. The lowest BCUT2D eigenvalue weighted by Crippen LogP contribution is -2.45. The second-order valence-electron chi connectivity index (χ2n) is 11.0. The van der Waals surface area contributed by atoms with Crippen LogP contribution in [0.25, 0.3) is 0 Å². The van der Waals surface area contributed by atoms with Gasteiger partial charge in [0, 0.05) is 30.9 Å². The molecule has 3 N–H and O–H groups in total. The summed E-state index contributed by atoms with van der Waals surface area (Å²) in [6.07, 6.45) is -1.56. The number of hydrogen-bond donors (Lipinski definition) is 3. The van der Waals surface area contributed by atoms with Gasteiger partial charge in [-0.15, -0.1) is 0 Å². The van der Waals surface area contributed by atoms with E-state index >= 15 is 0 Å². The van der Waals surface area contributed by atoms with Crippen LogP contribution in [0.3, 0.4) is 0 Å². The minimum absolute atomic E-state index is 0.0104. The van der Waals surface area contributed by atoms with Crippen molar-refractivity contribution >= 4 is 33.5 Å². The van der Waals surface area contributed by atoms with Gasteiger partial charge in [-0.3, -0.25) is 14.3 Å². The highest BCUT2D eigenvalue weighted by molar-refractivity contribution is 7.92. The van der Waals surface area contributed by atoms with Crippen molar-refractivity contribution in [3.63, 3.8) is 0 Å². The van der Waals surface area contributed by atoms with Gasteiger partial charge in [-0.2, -0.15) is 13.2 Å². The van der Waals surface area contributed by atoms with Crippen molar-refractivity contribution in [2.45, 2.75) is 69.9 Å². The monoisotopic (exact) mass is 613 g/mol. The van der Waals surface area contributed by atoms with Crippen LogP contribution in [0, 0.1) is 5.92 Å². The van der Waals surface area contributed by atoms with Crippen molar-refractivity contribution in [3.05, 3.63) is 59.7 Å². The zero-order chi connectivity index (χ0) is 31.7. The molecule has 1 saturated heterocycles. The number of anilines is 1. The van der Waals surface area contributed by atoms with Gasteiger partial charge in [-0.25, -0.2) is 13.2 Å². The first kappa shape index (κ1) is 34.6. The standard InChI is InChI=1S/C27H37N3O4S.C2HF3O2/c1-5-6-17-28-25(31)21-8-7-18-30(19-21)26(32)20-9-13-23(14-10-20)29-35(33,34)24-15-11-22(12-16-24)27(2,3)4;3-2(4,5)1(6)7/h9-16,21,29H,5-8,17-19H2,1-4H3,(H,28,31);(H,6,7). The Kier molecular flexibility index (Phi) is 12.0. The molecule has 13 heteroatoms. The predicted octanol–water partition coefficient (Wildman–Crippen LogP) is 5.19. The van der Waals surface area contributed by atoms with Gasteiger partial charge in [0.1, 0.15) is 0 Å². The molecule has 2 aromatic carbocycles.